The zero-order valence-corrected chi connectivity index (χ0v) is 10.6. The summed E-state index contributed by atoms with van der Waals surface area (Å²) in [5.74, 6) is 0.787. The van der Waals surface area contributed by atoms with Gasteiger partial charge in [0.2, 0.25) is 0 Å². The fourth-order valence-electron chi connectivity index (χ4n) is 2.18. The molecule has 0 bridgehead atoms. The van der Waals surface area contributed by atoms with Crippen molar-refractivity contribution in [3.63, 3.8) is 0 Å². The lowest BCUT2D eigenvalue weighted by atomic mass is 10.00. The molecule has 2 N–H and O–H groups in total. The van der Waals surface area contributed by atoms with Crippen LogP contribution < -0.4 is 10.5 Å². The predicted octanol–water partition coefficient (Wildman–Crippen LogP) is 1.44. The normalized spacial score (nSPS) is 14.8. The van der Waals surface area contributed by atoms with E-state index < -0.39 is 0 Å². The van der Waals surface area contributed by atoms with Gasteiger partial charge >= 0.3 is 5.97 Å². The highest BCUT2D eigenvalue weighted by Crippen LogP contribution is 2.26. The van der Waals surface area contributed by atoms with Crippen LogP contribution in [0.5, 0.6) is 5.75 Å². The average Bonchev–Trinajstić information content (AvgIpc) is 2.83. The Kier molecular flexibility index (Phi) is 4.20. The molecule has 1 heterocycles. The zero-order chi connectivity index (χ0) is 13.0. The van der Waals surface area contributed by atoms with Crippen molar-refractivity contribution in [2.24, 2.45) is 5.73 Å². The Hall–Kier alpha value is -1.55. The van der Waals surface area contributed by atoms with Crippen LogP contribution in [0.3, 0.4) is 0 Å². The van der Waals surface area contributed by atoms with Crippen LogP contribution in [0.2, 0.25) is 0 Å². The summed E-state index contributed by atoms with van der Waals surface area (Å²) in [5, 5.41) is 0. The van der Waals surface area contributed by atoms with Crippen molar-refractivity contribution in [2.45, 2.75) is 31.7 Å². The molecule has 1 aliphatic heterocycles. The van der Waals surface area contributed by atoms with Gasteiger partial charge in [0, 0.05) is 18.9 Å². The van der Waals surface area contributed by atoms with Crippen molar-refractivity contribution in [3.8, 4) is 5.75 Å². The first-order valence-electron chi connectivity index (χ1n) is 6.26. The molecule has 0 saturated carbocycles. The van der Waals surface area contributed by atoms with Crippen molar-refractivity contribution < 1.29 is 14.3 Å². The quantitative estimate of drug-likeness (QED) is 0.802. The maximum absolute atomic E-state index is 11.0. The summed E-state index contributed by atoms with van der Waals surface area (Å²) in [5.41, 5.74) is 8.48. The van der Waals surface area contributed by atoms with Gasteiger partial charge in [-0.1, -0.05) is 12.1 Å². The highest BCUT2D eigenvalue weighted by Gasteiger charge is 2.13. The third-order valence-electron chi connectivity index (χ3n) is 3.20. The number of fused-ring (bicyclic) bond motifs is 1. The molecule has 98 valence electrons. The Morgan fingerprint density at radius 1 is 1.56 bits per heavy atom. The molecule has 1 aromatic carbocycles. The number of carbonyl (C=O) groups is 1. The number of benzene rings is 1. The van der Waals surface area contributed by atoms with Gasteiger partial charge in [0.15, 0.2) is 0 Å². The summed E-state index contributed by atoms with van der Waals surface area (Å²) in [6, 6.07) is 6.19. The topological polar surface area (TPSA) is 61.5 Å². The van der Waals surface area contributed by atoms with Crippen molar-refractivity contribution in [1.29, 1.82) is 0 Å². The molecule has 18 heavy (non-hydrogen) atoms. The number of hydrogen-bond donors (Lipinski definition) is 1. The molecule has 1 aliphatic rings. The maximum Gasteiger partial charge on any atom is 0.305 e. The minimum absolute atomic E-state index is 0.00975. The molecule has 0 saturated heterocycles. The molecule has 2 rings (SSSR count). The monoisotopic (exact) mass is 249 g/mol. The molecule has 0 aromatic heterocycles. The second kappa shape index (κ2) is 5.87. The second-order valence-electron chi connectivity index (χ2n) is 4.62. The lowest BCUT2D eigenvalue weighted by molar-refractivity contribution is -0.140. The molecule has 0 aliphatic carbocycles. The smallest absolute Gasteiger partial charge is 0.305 e. The molecule has 4 heteroatoms. The average molecular weight is 249 g/mol. The SMILES string of the molecule is COC(=O)CCC(N)Cc1ccc2c(c1)CCO2. The molecular weight excluding hydrogens is 230 g/mol. The van der Waals surface area contributed by atoms with Crippen molar-refractivity contribution in [3.05, 3.63) is 29.3 Å². The molecule has 1 atom stereocenters. The molecule has 4 nitrogen and oxygen atoms in total. The zero-order valence-electron chi connectivity index (χ0n) is 10.6. The van der Waals surface area contributed by atoms with Gasteiger partial charge in [0.25, 0.3) is 0 Å². The summed E-state index contributed by atoms with van der Waals surface area (Å²) in [6.07, 6.45) is 2.79. The second-order valence-corrected chi connectivity index (χ2v) is 4.62. The first-order chi connectivity index (χ1) is 8.69. The van der Waals surface area contributed by atoms with E-state index in [0.29, 0.717) is 12.8 Å². The van der Waals surface area contributed by atoms with E-state index in [-0.39, 0.29) is 12.0 Å². The van der Waals surface area contributed by atoms with E-state index in [4.69, 9.17) is 10.5 Å². The van der Waals surface area contributed by atoms with Crippen molar-refractivity contribution >= 4 is 5.97 Å². The van der Waals surface area contributed by atoms with Crippen LogP contribution in [0.25, 0.3) is 0 Å². The molecule has 0 radical (unpaired) electrons. The van der Waals surface area contributed by atoms with Crippen LogP contribution in [0.1, 0.15) is 24.0 Å². The van der Waals surface area contributed by atoms with E-state index >= 15 is 0 Å². The minimum Gasteiger partial charge on any atom is -0.493 e. The Morgan fingerprint density at radius 3 is 3.17 bits per heavy atom. The number of methoxy groups -OCH3 is 1. The summed E-state index contributed by atoms with van der Waals surface area (Å²) < 4.78 is 10.1. The molecule has 0 amide bonds. The van der Waals surface area contributed by atoms with E-state index in [1.165, 1.54) is 18.2 Å². The molecule has 1 unspecified atom stereocenters. The van der Waals surface area contributed by atoms with Gasteiger partial charge in [0.1, 0.15) is 5.75 Å². The predicted molar refractivity (Wildman–Crippen MR) is 68.6 cm³/mol. The molecule has 1 aromatic rings. The lowest BCUT2D eigenvalue weighted by Gasteiger charge is -2.11. The van der Waals surface area contributed by atoms with Crippen LogP contribution in [0.4, 0.5) is 0 Å². The first kappa shape index (κ1) is 12.9. The third-order valence-corrected chi connectivity index (χ3v) is 3.20. The van der Waals surface area contributed by atoms with Crippen LogP contribution in [-0.2, 0) is 22.4 Å². The fourth-order valence-corrected chi connectivity index (χ4v) is 2.18. The van der Waals surface area contributed by atoms with E-state index in [2.05, 4.69) is 10.8 Å². The highest BCUT2D eigenvalue weighted by atomic mass is 16.5. The minimum atomic E-state index is -0.201. The van der Waals surface area contributed by atoms with E-state index in [1.54, 1.807) is 0 Å². The first-order valence-corrected chi connectivity index (χ1v) is 6.26. The number of ether oxygens (including phenoxy) is 2. The molecular formula is C14H19NO3. The maximum atomic E-state index is 11.0. The number of hydrogen-bond acceptors (Lipinski definition) is 4. The van der Waals surface area contributed by atoms with Gasteiger partial charge in [0.05, 0.1) is 13.7 Å². The number of rotatable bonds is 5. The Labute approximate surface area is 107 Å². The van der Waals surface area contributed by atoms with Crippen LogP contribution in [-0.4, -0.2) is 25.7 Å². The Morgan fingerprint density at radius 2 is 2.39 bits per heavy atom. The summed E-state index contributed by atoms with van der Waals surface area (Å²) in [7, 11) is 1.40. The van der Waals surface area contributed by atoms with E-state index in [1.807, 2.05) is 12.1 Å². The third kappa shape index (κ3) is 3.23. The van der Waals surface area contributed by atoms with Gasteiger partial charge in [-0.15, -0.1) is 0 Å². The van der Waals surface area contributed by atoms with Gasteiger partial charge in [-0.25, -0.2) is 0 Å². The van der Waals surface area contributed by atoms with Crippen LogP contribution in [0, 0.1) is 0 Å². The molecule has 0 spiro atoms. The summed E-state index contributed by atoms with van der Waals surface area (Å²) >= 11 is 0. The number of carbonyl (C=O) groups excluding carboxylic acids is 1. The lowest BCUT2D eigenvalue weighted by Crippen LogP contribution is -2.24. The fraction of sp³-hybridized carbons (Fsp3) is 0.500. The molecule has 0 fully saturated rings. The highest BCUT2D eigenvalue weighted by molar-refractivity contribution is 5.69. The Bertz CT molecular complexity index is 431. The van der Waals surface area contributed by atoms with Gasteiger partial charge < -0.3 is 15.2 Å². The van der Waals surface area contributed by atoms with Crippen LogP contribution in [0.15, 0.2) is 18.2 Å². The van der Waals surface area contributed by atoms with E-state index in [9.17, 15) is 4.79 Å². The van der Waals surface area contributed by atoms with Crippen LogP contribution >= 0.6 is 0 Å². The van der Waals surface area contributed by atoms with Gasteiger partial charge in [-0.2, -0.15) is 0 Å². The van der Waals surface area contributed by atoms with Crippen molar-refractivity contribution in [1.82, 2.24) is 0 Å². The number of nitrogens with two attached hydrogens (primary N) is 1. The standard InChI is InChI=1S/C14H19NO3/c1-17-14(16)5-3-12(15)9-10-2-4-13-11(8-10)6-7-18-13/h2,4,8,12H,3,5-7,9,15H2,1H3. The van der Waals surface area contributed by atoms with Gasteiger partial charge in [-0.05, 0) is 30.0 Å². The van der Waals surface area contributed by atoms with E-state index in [0.717, 1.165) is 25.2 Å². The summed E-state index contributed by atoms with van der Waals surface area (Å²) in [4.78, 5) is 11.0. The largest absolute Gasteiger partial charge is 0.493 e. The number of esters is 1. The Balaban J connectivity index is 1.87. The summed E-state index contributed by atoms with van der Waals surface area (Å²) in [6.45, 7) is 0.771. The van der Waals surface area contributed by atoms with Crippen molar-refractivity contribution in [2.75, 3.05) is 13.7 Å². The van der Waals surface area contributed by atoms with Gasteiger partial charge in [-0.3, -0.25) is 4.79 Å².